The standard InChI is InChI=1S/C33H43N3O4/c1-7-8-9-12-19-36(29(37)22-34-32(39)40-33(4,5)6)30(27-16-15-23(2)24(3)20-27)31(38)35-28-18-17-25-13-10-11-14-26(25)21-28/h10-11,13-18,20-21,30H,7-9,12,19,22H2,1-6H3,(H,34,39)(H,35,38). The van der Waals surface area contributed by atoms with E-state index in [4.69, 9.17) is 4.74 Å². The molecule has 1 atom stereocenters. The number of benzene rings is 3. The molecule has 1 unspecified atom stereocenters. The minimum Gasteiger partial charge on any atom is -0.444 e. The van der Waals surface area contributed by atoms with Gasteiger partial charge in [-0.1, -0.05) is 74.7 Å². The first-order valence-electron chi connectivity index (χ1n) is 14.1. The molecule has 3 amide bonds. The lowest BCUT2D eigenvalue weighted by molar-refractivity contribution is -0.138. The molecule has 0 radical (unpaired) electrons. The van der Waals surface area contributed by atoms with Crippen LogP contribution in [0, 0.1) is 13.8 Å². The summed E-state index contributed by atoms with van der Waals surface area (Å²) in [5, 5.41) is 7.71. The van der Waals surface area contributed by atoms with Gasteiger partial charge in [-0.2, -0.15) is 0 Å². The Labute approximate surface area is 238 Å². The number of alkyl carbamates (subject to hydrolysis) is 1. The molecule has 7 heteroatoms. The summed E-state index contributed by atoms with van der Waals surface area (Å²) in [6.45, 7) is 11.5. The van der Waals surface area contributed by atoms with Gasteiger partial charge in [0, 0.05) is 12.2 Å². The van der Waals surface area contributed by atoms with Crippen molar-refractivity contribution in [2.45, 2.75) is 78.9 Å². The normalized spacial score (nSPS) is 12.1. The minimum absolute atomic E-state index is 0.271. The first kappa shape index (κ1) is 30.7. The van der Waals surface area contributed by atoms with E-state index in [2.05, 4.69) is 17.6 Å². The predicted octanol–water partition coefficient (Wildman–Crippen LogP) is 7.07. The SMILES string of the molecule is CCCCCCN(C(=O)CNC(=O)OC(C)(C)C)C(C(=O)Nc1ccc2ccccc2c1)c1ccc(C)c(C)c1. The Morgan fingerprint density at radius 1 is 0.875 bits per heavy atom. The quantitative estimate of drug-likeness (QED) is 0.252. The molecule has 0 fully saturated rings. The summed E-state index contributed by atoms with van der Waals surface area (Å²) in [5.74, 6) is -0.654. The van der Waals surface area contributed by atoms with Crippen molar-refractivity contribution in [3.63, 3.8) is 0 Å². The number of fused-ring (bicyclic) bond motifs is 1. The Kier molecular flexibility index (Phi) is 10.7. The van der Waals surface area contributed by atoms with Gasteiger partial charge in [-0.15, -0.1) is 0 Å². The molecule has 3 aromatic carbocycles. The maximum atomic E-state index is 14.0. The second-order valence-corrected chi connectivity index (χ2v) is 11.3. The van der Waals surface area contributed by atoms with Gasteiger partial charge in [-0.05, 0) is 80.6 Å². The van der Waals surface area contributed by atoms with Crippen LogP contribution in [0.5, 0.6) is 0 Å². The maximum Gasteiger partial charge on any atom is 0.408 e. The maximum absolute atomic E-state index is 14.0. The second kappa shape index (κ2) is 14.0. The molecule has 3 aromatic rings. The van der Waals surface area contributed by atoms with Crippen LogP contribution >= 0.6 is 0 Å². The molecule has 0 spiro atoms. The van der Waals surface area contributed by atoms with Gasteiger partial charge in [0.1, 0.15) is 18.2 Å². The van der Waals surface area contributed by atoms with Crippen molar-refractivity contribution in [1.82, 2.24) is 10.2 Å². The van der Waals surface area contributed by atoms with Crippen LogP contribution in [0.3, 0.4) is 0 Å². The van der Waals surface area contributed by atoms with Crippen LogP contribution in [0.25, 0.3) is 10.8 Å². The molecule has 0 heterocycles. The Bertz CT molecular complexity index is 1330. The van der Waals surface area contributed by atoms with Crippen LogP contribution in [0.2, 0.25) is 0 Å². The molecule has 40 heavy (non-hydrogen) atoms. The highest BCUT2D eigenvalue weighted by molar-refractivity contribution is 6.00. The molecule has 0 bridgehead atoms. The number of rotatable bonds is 11. The van der Waals surface area contributed by atoms with Crippen molar-refractivity contribution < 1.29 is 19.1 Å². The van der Waals surface area contributed by atoms with Gasteiger partial charge < -0.3 is 20.3 Å². The minimum atomic E-state index is -0.875. The molecule has 0 aliphatic carbocycles. The molecule has 3 rings (SSSR count). The lowest BCUT2D eigenvalue weighted by atomic mass is 9.98. The van der Waals surface area contributed by atoms with E-state index in [1.165, 1.54) is 0 Å². The van der Waals surface area contributed by atoms with Gasteiger partial charge in [-0.3, -0.25) is 9.59 Å². The third-order valence-corrected chi connectivity index (χ3v) is 6.78. The molecule has 0 saturated carbocycles. The van der Waals surface area contributed by atoms with E-state index in [1.807, 2.05) is 74.5 Å². The summed E-state index contributed by atoms with van der Waals surface area (Å²) in [5.41, 5.74) is 2.83. The van der Waals surface area contributed by atoms with Crippen LogP contribution in [0.1, 0.15) is 76.1 Å². The van der Waals surface area contributed by atoms with Crippen LogP contribution in [0.4, 0.5) is 10.5 Å². The first-order valence-corrected chi connectivity index (χ1v) is 14.1. The highest BCUT2D eigenvalue weighted by Gasteiger charge is 2.32. The van der Waals surface area contributed by atoms with Gasteiger partial charge in [-0.25, -0.2) is 4.79 Å². The van der Waals surface area contributed by atoms with E-state index in [1.54, 1.807) is 25.7 Å². The third-order valence-electron chi connectivity index (χ3n) is 6.78. The van der Waals surface area contributed by atoms with Crippen molar-refractivity contribution in [1.29, 1.82) is 0 Å². The van der Waals surface area contributed by atoms with Crippen LogP contribution in [-0.2, 0) is 14.3 Å². The summed E-state index contributed by atoms with van der Waals surface area (Å²) in [7, 11) is 0. The van der Waals surface area contributed by atoms with Crippen LogP contribution < -0.4 is 10.6 Å². The molecular weight excluding hydrogens is 502 g/mol. The van der Waals surface area contributed by atoms with Gasteiger partial charge in [0.05, 0.1) is 0 Å². The molecule has 0 aromatic heterocycles. The fraction of sp³-hybridized carbons (Fsp3) is 0.424. The smallest absolute Gasteiger partial charge is 0.408 e. The Morgan fingerprint density at radius 2 is 1.60 bits per heavy atom. The van der Waals surface area contributed by atoms with Crippen molar-refractivity contribution in [2.24, 2.45) is 0 Å². The number of carbonyl (C=O) groups is 3. The Balaban J connectivity index is 1.94. The Morgan fingerprint density at radius 3 is 2.27 bits per heavy atom. The van der Waals surface area contributed by atoms with E-state index in [0.717, 1.165) is 53.1 Å². The number of carbonyl (C=O) groups excluding carboxylic acids is 3. The Hall–Kier alpha value is -3.87. The third kappa shape index (κ3) is 8.83. The number of nitrogens with zero attached hydrogens (tertiary/aromatic N) is 1. The van der Waals surface area contributed by atoms with E-state index >= 15 is 0 Å². The number of ether oxygens (including phenoxy) is 1. The van der Waals surface area contributed by atoms with Gasteiger partial charge in [0.15, 0.2) is 0 Å². The number of amides is 3. The number of nitrogens with one attached hydrogen (secondary N) is 2. The van der Waals surface area contributed by atoms with E-state index < -0.39 is 17.7 Å². The molecule has 2 N–H and O–H groups in total. The number of hydrogen-bond donors (Lipinski definition) is 2. The van der Waals surface area contributed by atoms with Gasteiger partial charge in [0.2, 0.25) is 5.91 Å². The predicted molar refractivity (Wildman–Crippen MR) is 161 cm³/mol. The van der Waals surface area contributed by atoms with E-state index in [0.29, 0.717) is 12.2 Å². The summed E-state index contributed by atoms with van der Waals surface area (Å²) in [6.07, 6.45) is 3.10. The summed E-state index contributed by atoms with van der Waals surface area (Å²) in [6, 6.07) is 18.7. The lowest BCUT2D eigenvalue weighted by Gasteiger charge is -2.32. The first-order chi connectivity index (χ1) is 19.0. The summed E-state index contributed by atoms with van der Waals surface area (Å²) < 4.78 is 5.32. The fourth-order valence-electron chi connectivity index (χ4n) is 4.56. The highest BCUT2D eigenvalue weighted by atomic mass is 16.6. The summed E-state index contributed by atoms with van der Waals surface area (Å²) >= 11 is 0. The molecule has 214 valence electrons. The van der Waals surface area contributed by atoms with Crippen LogP contribution in [0.15, 0.2) is 60.7 Å². The van der Waals surface area contributed by atoms with Crippen molar-refractivity contribution in [3.8, 4) is 0 Å². The number of unbranched alkanes of at least 4 members (excludes halogenated alkanes) is 3. The monoisotopic (exact) mass is 545 g/mol. The van der Waals surface area contributed by atoms with Gasteiger partial charge in [0.25, 0.3) is 5.91 Å². The average molecular weight is 546 g/mol. The fourth-order valence-corrected chi connectivity index (χ4v) is 4.56. The van der Waals surface area contributed by atoms with Gasteiger partial charge >= 0.3 is 6.09 Å². The zero-order chi connectivity index (χ0) is 29.3. The lowest BCUT2D eigenvalue weighted by Crippen LogP contribution is -2.47. The molecule has 0 saturated heterocycles. The number of aryl methyl sites for hydroxylation is 2. The second-order valence-electron chi connectivity index (χ2n) is 11.3. The van der Waals surface area contributed by atoms with Crippen molar-refractivity contribution >= 4 is 34.4 Å². The number of anilines is 1. The topological polar surface area (TPSA) is 87.7 Å². The molecule has 0 aliphatic heterocycles. The van der Waals surface area contributed by atoms with Crippen molar-refractivity contribution in [3.05, 3.63) is 77.4 Å². The van der Waals surface area contributed by atoms with Crippen LogP contribution in [-0.4, -0.2) is 41.5 Å². The average Bonchev–Trinajstić information content (AvgIpc) is 2.89. The zero-order valence-corrected chi connectivity index (χ0v) is 24.7. The molecule has 7 nitrogen and oxygen atoms in total. The molecular formula is C33H43N3O4. The zero-order valence-electron chi connectivity index (χ0n) is 24.7. The van der Waals surface area contributed by atoms with E-state index in [9.17, 15) is 14.4 Å². The van der Waals surface area contributed by atoms with Crippen molar-refractivity contribution in [2.75, 3.05) is 18.4 Å². The summed E-state index contributed by atoms with van der Waals surface area (Å²) in [4.78, 5) is 41.5. The largest absolute Gasteiger partial charge is 0.444 e. The number of hydrogen-bond acceptors (Lipinski definition) is 4. The molecule has 0 aliphatic rings. The van der Waals surface area contributed by atoms with E-state index in [-0.39, 0.29) is 18.4 Å². The highest BCUT2D eigenvalue weighted by Crippen LogP contribution is 2.27.